The quantitative estimate of drug-likeness (QED) is 0.285. The molecular formula is C25H23N3O. The first-order chi connectivity index (χ1) is 14.1. The Morgan fingerprint density at radius 1 is 0.862 bits per heavy atom. The number of carbonyl (C=O) groups excluding carboxylic acids is 1. The van der Waals surface area contributed by atoms with Crippen LogP contribution in [0.3, 0.4) is 0 Å². The first-order valence-electron chi connectivity index (χ1n) is 9.65. The lowest BCUT2D eigenvalue weighted by molar-refractivity contribution is -0.119. The summed E-state index contributed by atoms with van der Waals surface area (Å²) in [5.74, 6) is -0.191. The number of carbonyl (C=O) groups is 1. The Labute approximate surface area is 170 Å². The van der Waals surface area contributed by atoms with E-state index < -0.39 is 0 Å². The predicted octanol–water partition coefficient (Wildman–Crippen LogP) is 5.17. The number of nitrogens with one attached hydrogen (secondary N) is 2. The van der Waals surface area contributed by atoms with Gasteiger partial charge in [-0.25, -0.2) is 5.43 Å². The van der Waals surface area contributed by atoms with E-state index in [-0.39, 0.29) is 12.5 Å². The minimum Gasteiger partial charge on any atom is -0.376 e. The molecule has 0 atom stereocenters. The van der Waals surface area contributed by atoms with Gasteiger partial charge in [-0.2, -0.15) is 5.10 Å². The van der Waals surface area contributed by atoms with Crippen LogP contribution in [0.1, 0.15) is 16.7 Å². The third kappa shape index (κ3) is 4.11. The van der Waals surface area contributed by atoms with Crippen LogP contribution in [-0.4, -0.2) is 18.7 Å². The molecule has 0 aliphatic rings. The number of benzene rings is 4. The molecule has 0 heterocycles. The molecule has 0 fully saturated rings. The normalized spacial score (nSPS) is 11.2. The smallest absolute Gasteiger partial charge is 0.259 e. The summed E-state index contributed by atoms with van der Waals surface area (Å²) in [5.41, 5.74) is 6.97. The van der Waals surface area contributed by atoms with Crippen molar-refractivity contribution in [2.24, 2.45) is 5.10 Å². The number of hydrogen-bond acceptors (Lipinski definition) is 3. The minimum atomic E-state index is -0.191. The summed E-state index contributed by atoms with van der Waals surface area (Å²) in [5, 5.41) is 11.9. The van der Waals surface area contributed by atoms with E-state index in [1.165, 1.54) is 11.1 Å². The van der Waals surface area contributed by atoms with E-state index in [0.29, 0.717) is 0 Å². The maximum Gasteiger partial charge on any atom is 0.259 e. The van der Waals surface area contributed by atoms with Gasteiger partial charge in [-0.3, -0.25) is 4.79 Å². The fourth-order valence-electron chi connectivity index (χ4n) is 3.43. The number of amides is 1. The van der Waals surface area contributed by atoms with E-state index in [1.54, 1.807) is 6.21 Å². The topological polar surface area (TPSA) is 53.5 Å². The van der Waals surface area contributed by atoms with E-state index in [4.69, 9.17) is 0 Å². The molecule has 4 nitrogen and oxygen atoms in total. The van der Waals surface area contributed by atoms with Gasteiger partial charge in [0.15, 0.2) is 0 Å². The number of fused-ring (bicyclic) bond motifs is 2. The van der Waals surface area contributed by atoms with Crippen LogP contribution in [0.25, 0.3) is 21.5 Å². The number of nitrogens with zero attached hydrogens (tertiary/aromatic N) is 1. The summed E-state index contributed by atoms with van der Waals surface area (Å²) in [4.78, 5) is 12.2. The van der Waals surface area contributed by atoms with Gasteiger partial charge in [0.05, 0.1) is 12.8 Å². The molecule has 1 amide bonds. The number of hydrogen-bond donors (Lipinski definition) is 2. The maximum atomic E-state index is 12.2. The van der Waals surface area contributed by atoms with Gasteiger partial charge in [0, 0.05) is 11.3 Å². The second-order valence-corrected chi connectivity index (χ2v) is 7.18. The van der Waals surface area contributed by atoms with E-state index in [2.05, 4.69) is 60.0 Å². The Bertz CT molecular complexity index is 1170. The third-order valence-corrected chi connectivity index (χ3v) is 5.16. The van der Waals surface area contributed by atoms with Crippen molar-refractivity contribution >= 4 is 39.4 Å². The third-order valence-electron chi connectivity index (χ3n) is 5.16. The Hall–Kier alpha value is -3.66. The van der Waals surface area contributed by atoms with Gasteiger partial charge in [0.25, 0.3) is 5.91 Å². The SMILES string of the molecule is Cc1ccc(NCC(=O)N/N=C/c2c3ccccc3cc3ccccc23)cc1C. The lowest BCUT2D eigenvalue weighted by Gasteiger charge is -2.09. The average molecular weight is 381 g/mol. The summed E-state index contributed by atoms with van der Waals surface area (Å²) in [7, 11) is 0. The van der Waals surface area contributed by atoms with Gasteiger partial charge >= 0.3 is 0 Å². The van der Waals surface area contributed by atoms with Crippen molar-refractivity contribution in [2.75, 3.05) is 11.9 Å². The van der Waals surface area contributed by atoms with Gasteiger partial charge in [-0.05, 0) is 64.7 Å². The van der Waals surface area contributed by atoms with Crippen molar-refractivity contribution in [1.29, 1.82) is 0 Å². The molecule has 0 radical (unpaired) electrons. The fraction of sp³-hybridized carbons (Fsp3) is 0.120. The number of aryl methyl sites for hydroxylation is 2. The number of rotatable bonds is 5. The highest BCUT2D eigenvalue weighted by molar-refractivity contribution is 6.13. The summed E-state index contributed by atoms with van der Waals surface area (Å²) >= 11 is 0. The lowest BCUT2D eigenvalue weighted by atomic mass is 9.97. The molecule has 0 spiro atoms. The van der Waals surface area contributed by atoms with Crippen molar-refractivity contribution in [1.82, 2.24) is 5.43 Å². The Morgan fingerprint density at radius 2 is 1.52 bits per heavy atom. The van der Waals surface area contributed by atoms with Crippen molar-refractivity contribution in [3.63, 3.8) is 0 Å². The molecule has 0 bridgehead atoms. The van der Waals surface area contributed by atoms with Crippen LogP contribution in [-0.2, 0) is 4.79 Å². The van der Waals surface area contributed by atoms with Crippen molar-refractivity contribution < 1.29 is 4.79 Å². The van der Waals surface area contributed by atoms with Gasteiger partial charge < -0.3 is 5.32 Å². The number of hydrazone groups is 1. The maximum absolute atomic E-state index is 12.2. The molecule has 2 N–H and O–H groups in total. The second-order valence-electron chi connectivity index (χ2n) is 7.18. The highest BCUT2D eigenvalue weighted by Crippen LogP contribution is 2.27. The van der Waals surface area contributed by atoms with E-state index in [1.807, 2.05) is 42.5 Å². The van der Waals surface area contributed by atoms with Gasteiger partial charge in [0.2, 0.25) is 0 Å². The zero-order chi connectivity index (χ0) is 20.2. The highest BCUT2D eigenvalue weighted by Gasteiger charge is 2.06. The first-order valence-corrected chi connectivity index (χ1v) is 9.65. The molecule has 0 unspecified atom stereocenters. The molecule has 0 aromatic heterocycles. The van der Waals surface area contributed by atoms with Gasteiger partial charge in [0.1, 0.15) is 0 Å². The van der Waals surface area contributed by atoms with E-state index >= 15 is 0 Å². The van der Waals surface area contributed by atoms with Gasteiger partial charge in [-0.15, -0.1) is 0 Å². The van der Waals surface area contributed by atoms with E-state index in [9.17, 15) is 4.79 Å². The minimum absolute atomic E-state index is 0.163. The van der Waals surface area contributed by atoms with Crippen LogP contribution in [0, 0.1) is 13.8 Å². The molecule has 4 rings (SSSR count). The molecule has 0 aliphatic carbocycles. The zero-order valence-corrected chi connectivity index (χ0v) is 16.6. The molecule has 4 aromatic rings. The first kappa shape index (κ1) is 18.7. The largest absolute Gasteiger partial charge is 0.376 e. The second kappa shape index (κ2) is 8.15. The van der Waals surface area contributed by atoms with Crippen molar-refractivity contribution in [2.45, 2.75) is 13.8 Å². The van der Waals surface area contributed by atoms with E-state index in [0.717, 1.165) is 32.8 Å². The molecule has 4 aromatic carbocycles. The molecule has 29 heavy (non-hydrogen) atoms. The van der Waals surface area contributed by atoms with Crippen molar-refractivity contribution in [3.05, 3.63) is 89.5 Å². The van der Waals surface area contributed by atoms with Crippen LogP contribution >= 0.6 is 0 Å². The highest BCUT2D eigenvalue weighted by atomic mass is 16.2. The van der Waals surface area contributed by atoms with Crippen LogP contribution in [0.5, 0.6) is 0 Å². The lowest BCUT2D eigenvalue weighted by Crippen LogP contribution is -2.25. The Balaban J connectivity index is 1.50. The fourth-order valence-corrected chi connectivity index (χ4v) is 3.43. The monoisotopic (exact) mass is 381 g/mol. The summed E-state index contributed by atoms with van der Waals surface area (Å²) in [6, 6.07) is 24.6. The predicted molar refractivity (Wildman–Crippen MR) is 122 cm³/mol. The Morgan fingerprint density at radius 3 is 2.17 bits per heavy atom. The van der Waals surface area contributed by atoms with Crippen LogP contribution < -0.4 is 10.7 Å². The van der Waals surface area contributed by atoms with Crippen LogP contribution in [0.2, 0.25) is 0 Å². The number of anilines is 1. The molecule has 0 aliphatic heterocycles. The molecular weight excluding hydrogens is 358 g/mol. The zero-order valence-electron chi connectivity index (χ0n) is 16.6. The van der Waals surface area contributed by atoms with Gasteiger partial charge in [-0.1, -0.05) is 54.6 Å². The average Bonchev–Trinajstić information content (AvgIpc) is 2.74. The summed E-state index contributed by atoms with van der Waals surface area (Å²) < 4.78 is 0. The molecule has 4 heteroatoms. The summed E-state index contributed by atoms with van der Waals surface area (Å²) in [6.07, 6.45) is 1.73. The standard InChI is InChI=1S/C25H23N3O/c1-17-11-12-21(13-18(17)2)26-16-25(29)28-27-15-24-22-9-5-3-7-19(22)14-20-8-4-6-10-23(20)24/h3-15,26H,16H2,1-2H3,(H,28,29)/b27-15+. The Kier molecular flexibility index (Phi) is 5.25. The molecule has 0 saturated carbocycles. The van der Waals surface area contributed by atoms with Crippen molar-refractivity contribution in [3.8, 4) is 0 Å². The van der Waals surface area contributed by atoms with Crippen LogP contribution in [0.15, 0.2) is 77.9 Å². The summed E-state index contributed by atoms with van der Waals surface area (Å²) in [6.45, 7) is 4.28. The molecule has 144 valence electrons. The molecule has 0 saturated heterocycles. The van der Waals surface area contributed by atoms with Crippen LogP contribution in [0.4, 0.5) is 5.69 Å².